The van der Waals surface area contributed by atoms with Crippen molar-refractivity contribution >= 4 is 15.9 Å². The second-order valence-electron chi connectivity index (χ2n) is 3.16. The van der Waals surface area contributed by atoms with Crippen LogP contribution in [-0.4, -0.2) is 25.0 Å². The van der Waals surface area contributed by atoms with Crippen LogP contribution < -0.4 is 0 Å². The summed E-state index contributed by atoms with van der Waals surface area (Å²) in [6, 6.07) is 0. The van der Waals surface area contributed by atoms with Gasteiger partial charge in [0, 0.05) is 17.6 Å². The topological polar surface area (TPSA) is 3.24 Å². The number of rotatable bonds is 4. The highest BCUT2D eigenvalue weighted by Crippen LogP contribution is 2.29. The van der Waals surface area contributed by atoms with Crippen molar-refractivity contribution in [2.75, 3.05) is 20.1 Å². The maximum absolute atomic E-state index is 3.80. The third-order valence-corrected chi connectivity index (χ3v) is 1.96. The van der Waals surface area contributed by atoms with E-state index < -0.39 is 0 Å². The number of hydrogen-bond donors (Lipinski definition) is 0. The third kappa shape index (κ3) is 3.37. The molecule has 0 aromatic heterocycles. The molecule has 0 radical (unpaired) electrons. The smallest absolute Gasteiger partial charge is 0.0290 e. The van der Waals surface area contributed by atoms with Crippen LogP contribution in [0.2, 0.25) is 0 Å². The summed E-state index contributed by atoms with van der Waals surface area (Å²) in [5.74, 6) is 0.983. The van der Waals surface area contributed by atoms with E-state index in [4.69, 9.17) is 0 Å². The molecule has 58 valence electrons. The minimum Gasteiger partial charge on any atom is -0.301 e. The quantitative estimate of drug-likeness (QED) is 0.678. The fourth-order valence-electron chi connectivity index (χ4n) is 1.10. The number of likely N-dealkylation sites (N-methyl/N-ethyl adjacent to an activating group) is 1. The molecule has 1 nitrogen and oxygen atoms in total. The van der Waals surface area contributed by atoms with Crippen LogP contribution in [0.5, 0.6) is 0 Å². The number of halogens is 1. The molecule has 0 bridgehead atoms. The maximum atomic E-state index is 3.80. The zero-order valence-corrected chi connectivity index (χ0v) is 8.02. The average Bonchev–Trinajstić information content (AvgIpc) is 2.46. The molecule has 0 aromatic rings. The lowest BCUT2D eigenvalue weighted by atomic mass is 10.4. The van der Waals surface area contributed by atoms with Gasteiger partial charge in [-0.1, -0.05) is 22.5 Å². The number of hydrogen-bond acceptors (Lipinski definition) is 1. The molecule has 0 aromatic carbocycles. The van der Waals surface area contributed by atoms with Crippen LogP contribution in [0.4, 0.5) is 0 Å². The van der Waals surface area contributed by atoms with Gasteiger partial charge in [-0.3, -0.25) is 0 Å². The van der Waals surface area contributed by atoms with E-state index in [1.54, 1.807) is 0 Å². The fourth-order valence-corrected chi connectivity index (χ4v) is 1.53. The molecule has 0 atom stereocenters. The lowest BCUT2D eigenvalue weighted by Gasteiger charge is -2.14. The molecular weight excluding hydrogens is 190 g/mol. The first-order valence-electron chi connectivity index (χ1n) is 3.70. The van der Waals surface area contributed by atoms with Crippen LogP contribution in [0.1, 0.15) is 12.8 Å². The van der Waals surface area contributed by atoms with E-state index in [1.807, 2.05) is 0 Å². The second-order valence-corrected chi connectivity index (χ2v) is 4.28. The first-order valence-corrected chi connectivity index (χ1v) is 4.49. The van der Waals surface area contributed by atoms with E-state index in [9.17, 15) is 0 Å². The Hall–Kier alpha value is 0.180. The van der Waals surface area contributed by atoms with Crippen LogP contribution in [-0.2, 0) is 0 Å². The highest BCUT2D eigenvalue weighted by molar-refractivity contribution is 9.11. The van der Waals surface area contributed by atoms with E-state index in [-0.39, 0.29) is 0 Å². The molecule has 1 saturated carbocycles. The van der Waals surface area contributed by atoms with Gasteiger partial charge in [0.1, 0.15) is 0 Å². The molecule has 1 rings (SSSR count). The average molecular weight is 204 g/mol. The second kappa shape index (κ2) is 3.54. The van der Waals surface area contributed by atoms with E-state index in [2.05, 4.69) is 34.5 Å². The Morgan fingerprint density at radius 2 is 2.30 bits per heavy atom. The maximum Gasteiger partial charge on any atom is 0.0290 e. The summed E-state index contributed by atoms with van der Waals surface area (Å²) in [5.41, 5.74) is 0. The summed E-state index contributed by atoms with van der Waals surface area (Å²) in [6.07, 6.45) is 2.86. The fraction of sp³-hybridized carbons (Fsp3) is 0.750. The normalized spacial score (nSPS) is 17.9. The van der Waals surface area contributed by atoms with Crippen molar-refractivity contribution in [2.45, 2.75) is 12.8 Å². The van der Waals surface area contributed by atoms with Gasteiger partial charge in [-0.25, -0.2) is 0 Å². The van der Waals surface area contributed by atoms with Crippen LogP contribution in [0.25, 0.3) is 0 Å². The number of nitrogens with zero attached hydrogens (tertiary/aromatic N) is 1. The standard InChI is InChI=1S/C8H14BrN/c1-7(9)5-10(2)6-8-3-4-8/h8H,1,3-6H2,2H3. The summed E-state index contributed by atoms with van der Waals surface area (Å²) < 4.78 is 1.08. The molecule has 0 N–H and O–H groups in total. The largest absolute Gasteiger partial charge is 0.301 e. The molecule has 0 aliphatic heterocycles. The van der Waals surface area contributed by atoms with E-state index in [0.29, 0.717) is 0 Å². The van der Waals surface area contributed by atoms with Gasteiger partial charge in [0.25, 0.3) is 0 Å². The molecule has 0 heterocycles. The molecule has 0 amide bonds. The summed E-state index contributed by atoms with van der Waals surface area (Å²) in [4.78, 5) is 2.31. The van der Waals surface area contributed by atoms with E-state index >= 15 is 0 Å². The molecule has 1 fully saturated rings. The lowest BCUT2D eigenvalue weighted by molar-refractivity contribution is 0.352. The Morgan fingerprint density at radius 3 is 2.70 bits per heavy atom. The van der Waals surface area contributed by atoms with Crippen LogP contribution in [0.15, 0.2) is 11.1 Å². The Bertz CT molecular complexity index is 129. The van der Waals surface area contributed by atoms with Gasteiger partial charge in [0.05, 0.1) is 0 Å². The van der Waals surface area contributed by atoms with Gasteiger partial charge in [0.2, 0.25) is 0 Å². The van der Waals surface area contributed by atoms with Crippen molar-refractivity contribution in [3.8, 4) is 0 Å². The third-order valence-electron chi connectivity index (χ3n) is 1.71. The van der Waals surface area contributed by atoms with Crippen molar-refractivity contribution in [1.29, 1.82) is 0 Å². The molecule has 10 heavy (non-hydrogen) atoms. The van der Waals surface area contributed by atoms with E-state index in [1.165, 1.54) is 19.4 Å². The van der Waals surface area contributed by atoms with Gasteiger partial charge in [-0.05, 0) is 25.8 Å². The van der Waals surface area contributed by atoms with Gasteiger partial charge in [-0.15, -0.1) is 0 Å². The summed E-state index contributed by atoms with van der Waals surface area (Å²) in [5, 5.41) is 0. The lowest BCUT2D eigenvalue weighted by Crippen LogP contribution is -2.21. The van der Waals surface area contributed by atoms with Crippen LogP contribution >= 0.6 is 15.9 Å². The monoisotopic (exact) mass is 203 g/mol. The molecule has 2 heteroatoms. The Balaban J connectivity index is 2.07. The summed E-state index contributed by atoms with van der Waals surface area (Å²) in [6.45, 7) is 6.02. The molecule has 0 saturated heterocycles. The van der Waals surface area contributed by atoms with Crippen molar-refractivity contribution in [2.24, 2.45) is 5.92 Å². The first-order chi connectivity index (χ1) is 4.68. The van der Waals surface area contributed by atoms with Crippen LogP contribution in [0, 0.1) is 5.92 Å². The molecule has 0 spiro atoms. The van der Waals surface area contributed by atoms with Crippen molar-refractivity contribution in [3.05, 3.63) is 11.1 Å². The molecule has 1 aliphatic rings. The highest BCUT2D eigenvalue weighted by Gasteiger charge is 2.22. The summed E-state index contributed by atoms with van der Waals surface area (Å²) in [7, 11) is 2.14. The van der Waals surface area contributed by atoms with Crippen molar-refractivity contribution in [1.82, 2.24) is 4.90 Å². The minimum absolute atomic E-state index is 0.983. The van der Waals surface area contributed by atoms with Crippen molar-refractivity contribution < 1.29 is 0 Å². The van der Waals surface area contributed by atoms with Gasteiger partial charge in [-0.2, -0.15) is 0 Å². The Labute approximate surface area is 71.2 Å². The first kappa shape index (κ1) is 8.28. The zero-order valence-electron chi connectivity index (χ0n) is 6.44. The molecular formula is C8H14BrN. The van der Waals surface area contributed by atoms with Gasteiger partial charge in [0.15, 0.2) is 0 Å². The van der Waals surface area contributed by atoms with Gasteiger partial charge >= 0.3 is 0 Å². The summed E-state index contributed by atoms with van der Waals surface area (Å²) >= 11 is 3.35. The van der Waals surface area contributed by atoms with E-state index in [0.717, 1.165) is 16.9 Å². The zero-order chi connectivity index (χ0) is 7.56. The predicted molar refractivity (Wildman–Crippen MR) is 48.3 cm³/mol. The highest BCUT2D eigenvalue weighted by atomic mass is 79.9. The predicted octanol–water partition coefficient (Wildman–Crippen LogP) is 2.24. The molecule has 1 aliphatic carbocycles. The molecule has 0 unspecified atom stereocenters. The SMILES string of the molecule is C=C(Br)CN(C)CC1CC1. The van der Waals surface area contributed by atoms with Crippen LogP contribution in [0.3, 0.4) is 0 Å². The van der Waals surface area contributed by atoms with Gasteiger partial charge < -0.3 is 4.90 Å². The Kier molecular flexibility index (Phi) is 2.93. The van der Waals surface area contributed by atoms with Crippen molar-refractivity contribution in [3.63, 3.8) is 0 Å². The Morgan fingerprint density at radius 1 is 1.70 bits per heavy atom. The minimum atomic E-state index is 0.983.